The molecule has 6 heteroatoms. The number of para-hydroxylation sites is 1. The molecule has 3 N–H and O–H groups in total. The Morgan fingerprint density at radius 2 is 1.26 bits per heavy atom. The molecule has 0 spiro atoms. The van der Waals surface area contributed by atoms with Crippen LogP contribution in [-0.2, 0) is 10.8 Å². The molecule has 9 aromatic rings. The van der Waals surface area contributed by atoms with E-state index in [9.17, 15) is 19.4 Å². The molecule has 0 bridgehead atoms. The third-order valence-corrected chi connectivity index (χ3v) is 12.5. The summed E-state index contributed by atoms with van der Waals surface area (Å²) in [4.78, 5) is 9.68. The van der Waals surface area contributed by atoms with Gasteiger partial charge in [-0.15, -0.1) is 0 Å². The lowest BCUT2D eigenvalue weighted by atomic mass is 9.86. The van der Waals surface area contributed by atoms with Crippen LogP contribution >= 0.6 is 0 Å². The normalized spacial score (nSPS) is 16.4. The summed E-state index contributed by atoms with van der Waals surface area (Å²) in [6, 6.07) is 30.4. The highest BCUT2D eigenvalue weighted by molar-refractivity contribution is 5.98. The summed E-state index contributed by atoms with van der Waals surface area (Å²) >= 11 is 0. The Bertz CT molecular complexity index is 4070. The molecule has 348 valence electrons. The molecule has 0 atom stereocenters. The van der Waals surface area contributed by atoms with E-state index >= 15 is 0 Å². The third-order valence-electron chi connectivity index (χ3n) is 12.5. The first-order valence-electron chi connectivity index (χ1n) is 31.2. The summed E-state index contributed by atoms with van der Waals surface area (Å²) in [5.41, 5.74) is 0.375. The van der Waals surface area contributed by atoms with Crippen molar-refractivity contribution in [3.05, 3.63) is 179 Å². The number of nitrogens with zero attached hydrogens (tertiary/aromatic N) is 3. The highest BCUT2D eigenvalue weighted by Crippen LogP contribution is 2.46. The van der Waals surface area contributed by atoms with Gasteiger partial charge in [-0.05, 0) is 128 Å². The number of phenols is 1. The lowest BCUT2D eigenvalue weighted by Crippen LogP contribution is -2.10. The summed E-state index contributed by atoms with van der Waals surface area (Å²) in [6.07, 6.45) is 0. The smallest absolute Gasteiger partial charge is 0.255 e. The van der Waals surface area contributed by atoms with Gasteiger partial charge in [0.15, 0.2) is 5.75 Å². The van der Waals surface area contributed by atoms with E-state index in [4.69, 9.17) is 24.2 Å². The number of rotatable bonds is 9. The van der Waals surface area contributed by atoms with Gasteiger partial charge in [-0.25, -0.2) is 9.97 Å². The van der Waals surface area contributed by atoms with Gasteiger partial charge in [0.2, 0.25) is 0 Å². The fourth-order valence-electron chi connectivity index (χ4n) is 8.63. The number of aromatic nitrogens is 3. The zero-order chi connectivity index (χ0) is 63.5. The molecular weight excluding hydrogens is 847 g/mol. The van der Waals surface area contributed by atoms with E-state index in [-0.39, 0.29) is 39.8 Å². The largest absolute Gasteiger partial charge is 0.507 e. The number of aryl methyl sites for hydroxylation is 1. The van der Waals surface area contributed by atoms with Crippen molar-refractivity contribution in [1.29, 1.82) is 0 Å². The van der Waals surface area contributed by atoms with Gasteiger partial charge in [-0.3, -0.25) is 4.57 Å². The maximum Gasteiger partial charge on any atom is 0.255 e. The summed E-state index contributed by atoms with van der Waals surface area (Å²) in [6.45, 7) is -0.0697. The van der Waals surface area contributed by atoms with Gasteiger partial charge in [0.05, 0.1) is 34.8 Å². The lowest BCUT2D eigenvalue weighted by molar-refractivity contribution is 0.390. The minimum Gasteiger partial charge on any atom is -0.507 e. The number of pyridine rings is 1. The van der Waals surface area contributed by atoms with Crippen molar-refractivity contribution >= 4 is 11.0 Å². The van der Waals surface area contributed by atoms with Crippen LogP contribution in [-0.4, -0.2) is 29.9 Å². The maximum atomic E-state index is 12.5. The minimum atomic E-state index is -3.97. The minimum absolute atomic E-state index is 0.00871. The maximum absolute atomic E-state index is 12.5. The molecule has 0 saturated carbocycles. The molecule has 2 heterocycles. The number of hydrogen-bond donors (Lipinski definition) is 3. The van der Waals surface area contributed by atoms with Gasteiger partial charge in [-0.1, -0.05) is 178 Å². The van der Waals surface area contributed by atoms with Crippen molar-refractivity contribution in [3.63, 3.8) is 0 Å². The number of hydrogen-bond acceptors (Lipinski definition) is 5. The van der Waals surface area contributed by atoms with E-state index in [0.717, 1.165) is 11.1 Å². The van der Waals surface area contributed by atoms with E-state index in [2.05, 4.69) is 25.8 Å². The van der Waals surface area contributed by atoms with Gasteiger partial charge in [0, 0.05) is 38.7 Å². The average molecular weight is 927 g/mol. The molecule has 0 saturated heterocycles. The Kier molecular flexibility index (Phi) is 7.82. The molecule has 7 aromatic carbocycles. The Labute approximate surface area is 431 Å². The number of fused-ring (bicyclic) bond motifs is 1. The molecule has 0 radical (unpaired) electrons. The quantitative estimate of drug-likeness (QED) is 0.134. The standard InChI is InChI=1S/C63H63N3O3/c1-37(2)43-34-50(38(3)4)58(67)53(35-43)60-65-57-49(18-15-19-56(57)66(60)55-29-20-39(5)30-51(55)41-21-25-47(26-22-41)62(6,7)8)45-31-44(40-16-13-12-14-17-40)32-46(33-45)54-36-52(59(68)61(69)64-54)42-23-27-48(28-24-42)63(9,10)11/h12-38,67-68H,1-11H3,(H,64,69)/i5D3,9D3,10D3,11D3,23D,24D,27D,28D,36D. The van der Waals surface area contributed by atoms with E-state index in [0.29, 0.717) is 67.1 Å². The van der Waals surface area contributed by atoms with Gasteiger partial charge in [0.1, 0.15) is 11.6 Å². The second-order valence-electron chi connectivity index (χ2n) is 19.1. The third kappa shape index (κ3) is 9.04. The molecule has 69 heavy (non-hydrogen) atoms. The van der Waals surface area contributed by atoms with Gasteiger partial charge < -0.3 is 15.3 Å². The predicted molar refractivity (Wildman–Crippen MR) is 287 cm³/mol. The molecule has 2 aromatic heterocycles. The van der Waals surface area contributed by atoms with Gasteiger partial charge in [0.25, 0.3) is 5.88 Å². The van der Waals surface area contributed by atoms with E-state index in [1.165, 1.54) is 0 Å². The van der Waals surface area contributed by atoms with Gasteiger partial charge >= 0.3 is 0 Å². The highest BCUT2D eigenvalue weighted by Gasteiger charge is 2.26. The second-order valence-corrected chi connectivity index (χ2v) is 19.1. The van der Waals surface area contributed by atoms with Crippen LogP contribution < -0.4 is 0 Å². The Morgan fingerprint density at radius 3 is 1.93 bits per heavy atom. The summed E-state index contributed by atoms with van der Waals surface area (Å²) < 4.78 is 148. The van der Waals surface area contributed by atoms with Crippen molar-refractivity contribution < 1.29 is 38.6 Å². The Morgan fingerprint density at radius 1 is 0.551 bits per heavy atom. The number of phenolic OH excluding ortho intramolecular Hbond substituents is 1. The SMILES string of the molecule is [2H]c1c([2H])c(C(C([2H])([2H])[2H])(C([2H])([2H])[2H])C([2H])([2H])[2H])c([2H])c([2H])c1-c1c([2H])c(-c2cc(-c3ccccc3)cc(-c3cccc4c3nc(-c3cc(C(C)C)cc(C(C)C)c3O)n4-c3ccc(C([2H])([2H])[2H])cc3-c3ccc(C(C)(C)C)cc3)c2)nc(O)c1O. The average Bonchev–Trinajstić information content (AvgIpc) is 0.783. The van der Waals surface area contributed by atoms with Crippen LogP contribution in [0, 0.1) is 6.85 Å². The predicted octanol–water partition coefficient (Wildman–Crippen LogP) is 16.7. The number of benzene rings is 7. The van der Waals surface area contributed by atoms with Crippen molar-refractivity contribution in [3.8, 4) is 90.2 Å². The molecule has 0 aliphatic rings. The summed E-state index contributed by atoms with van der Waals surface area (Å²) in [7, 11) is 0. The van der Waals surface area contributed by atoms with E-state index < -0.39 is 91.4 Å². The zero-order valence-electron chi connectivity index (χ0n) is 56.4. The van der Waals surface area contributed by atoms with Crippen molar-refractivity contribution in [2.75, 3.05) is 0 Å². The topological polar surface area (TPSA) is 91.4 Å². The molecular formula is C63H63N3O3. The summed E-state index contributed by atoms with van der Waals surface area (Å²) in [5, 5.41) is 35.6. The Balaban J connectivity index is 1.37. The van der Waals surface area contributed by atoms with E-state index in [1.807, 2.05) is 105 Å². The van der Waals surface area contributed by atoms with Crippen LogP contribution in [0.3, 0.4) is 0 Å². The fourth-order valence-corrected chi connectivity index (χ4v) is 8.63. The molecule has 0 aliphatic carbocycles. The molecule has 0 unspecified atom stereocenters. The van der Waals surface area contributed by atoms with Crippen LogP contribution in [0.4, 0.5) is 0 Å². The van der Waals surface area contributed by atoms with Crippen LogP contribution in [0.5, 0.6) is 17.4 Å². The monoisotopic (exact) mass is 927 g/mol. The van der Waals surface area contributed by atoms with Crippen molar-refractivity contribution in [2.24, 2.45) is 0 Å². The summed E-state index contributed by atoms with van der Waals surface area (Å²) in [5.74, 6) is -2.14. The van der Waals surface area contributed by atoms with Gasteiger partial charge in [-0.2, -0.15) is 0 Å². The van der Waals surface area contributed by atoms with Crippen LogP contribution in [0.15, 0.2) is 152 Å². The molecule has 0 aliphatic heterocycles. The lowest BCUT2D eigenvalue weighted by Gasteiger charge is -2.21. The first kappa shape index (κ1) is 30.1. The molecule has 6 nitrogen and oxygen atoms in total. The number of aromatic hydroxyl groups is 3. The second kappa shape index (κ2) is 17.9. The van der Waals surface area contributed by atoms with Crippen LogP contribution in [0.1, 0.15) is 132 Å². The first-order chi connectivity index (χ1) is 39.8. The van der Waals surface area contributed by atoms with Crippen molar-refractivity contribution in [2.45, 2.75) is 98.5 Å². The van der Waals surface area contributed by atoms with Crippen molar-refractivity contribution in [1.82, 2.24) is 14.5 Å². The highest BCUT2D eigenvalue weighted by atomic mass is 16.3. The fraction of sp³-hybridized carbons (Fsp3) is 0.238. The molecule has 9 rings (SSSR count). The first-order valence-corrected chi connectivity index (χ1v) is 22.7. The molecule has 0 fully saturated rings. The Hall–Kier alpha value is -7.44. The van der Waals surface area contributed by atoms with Crippen LogP contribution in [0.2, 0.25) is 0 Å². The van der Waals surface area contributed by atoms with E-state index in [1.54, 1.807) is 48.5 Å². The molecule has 0 amide bonds. The number of imidazole rings is 1. The zero-order valence-corrected chi connectivity index (χ0v) is 39.4. The van der Waals surface area contributed by atoms with Crippen LogP contribution in [0.25, 0.3) is 83.9 Å².